The van der Waals surface area contributed by atoms with E-state index in [1.807, 2.05) is 25.7 Å². The molecule has 6 heteroatoms. The lowest BCUT2D eigenvalue weighted by molar-refractivity contribution is -0.146. The number of carbonyl (C=O) groups excluding carboxylic acids is 2. The Morgan fingerprint density at radius 2 is 1.87 bits per heavy atom. The molecule has 0 saturated carbocycles. The number of methoxy groups -OCH3 is 1. The summed E-state index contributed by atoms with van der Waals surface area (Å²) in [7, 11) is 1.39. The molecule has 1 aliphatic rings. The molecule has 1 aliphatic heterocycles. The van der Waals surface area contributed by atoms with Crippen LogP contribution < -0.4 is 0 Å². The van der Waals surface area contributed by atoms with Crippen molar-refractivity contribution in [3.63, 3.8) is 0 Å². The van der Waals surface area contributed by atoms with Crippen molar-refractivity contribution in [1.29, 1.82) is 0 Å². The van der Waals surface area contributed by atoms with Crippen molar-refractivity contribution >= 4 is 11.9 Å². The average molecular weight is 328 g/mol. The van der Waals surface area contributed by atoms with Crippen LogP contribution in [-0.4, -0.2) is 74.7 Å². The molecule has 1 unspecified atom stereocenters. The Labute approximate surface area is 140 Å². The molecular formula is C17H32N2O4. The van der Waals surface area contributed by atoms with Crippen molar-refractivity contribution in [1.82, 2.24) is 9.80 Å². The van der Waals surface area contributed by atoms with E-state index in [1.54, 1.807) is 0 Å². The third-order valence-corrected chi connectivity index (χ3v) is 4.04. The fourth-order valence-electron chi connectivity index (χ4n) is 2.71. The summed E-state index contributed by atoms with van der Waals surface area (Å²) in [4.78, 5) is 28.2. The Kier molecular flexibility index (Phi) is 9.17. The first kappa shape index (κ1) is 19.9. The van der Waals surface area contributed by atoms with Crippen molar-refractivity contribution in [2.75, 3.05) is 53.0 Å². The van der Waals surface area contributed by atoms with Gasteiger partial charge < -0.3 is 14.4 Å². The zero-order chi connectivity index (χ0) is 17.2. The largest absolute Gasteiger partial charge is 0.469 e. The van der Waals surface area contributed by atoms with E-state index >= 15 is 0 Å². The fourth-order valence-corrected chi connectivity index (χ4v) is 2.71. The quantitative estimate of drug-likeness (QED) is 0.599. The molecule has 0 aromatic heterocycles. The number of ether oxygens (including phenoxy) is 2. The molecule has 1 amide bonds. The molecule has 1 saturated heterocycles. The lowest BCUT2D eigenvalue weighted by atomic mass is 10.1. The Hall–Kier alpha value is -1.14. The Bertz CT molecular complexity index is 368. The lowest BCUT2D eigenvalue weighted by Crippen LogP contribution is -2.41. The first-order chi connectivity index (χ1) is 10.9. The molecule has 0 aromatic rings. The molecule has 134 valence electrons. The van der Waals surface area contributed by atoms with Crippen LogP contribution >= 0.6 is 0 Å². The van der Waals surface area contributed by atoms with E-state index in [1.165, 1.54) is 7.11 Å². The number of rotatable bonds is 9. The normalized spacial score (nSPS) is 17.1. The van der Waals surface area contributed by atoms with Gasteiger partial charge >= 0.3 is 5.97 Å². The van der Waals surface area contributed by atoms with Gasteiger partial charge in [-0.2, -0.15) is 0 Å². The maximum Gasteiger partial charge on any atom is 0.310 e. The van der Waals surface area contributed by atoms with Gasteiger partial charge in [0, 0.05) is 39.1 Å². The van der Waals surface area contributed by atoms with E-state index in [9.17, 15) is 9.59 Å². The number of hydrogen-bond donors (Lipinski definition) is 0. The van der Waals surface area contributed by atoms with Crippen LogP contribution in [0.4, 0.5) is 0 Å². The second-order valence-electron chi connectivity index (χ2n) is 6.67. The van der Waals surface area contributed by atoms with Crippen LogP contribution in [0.2, 0.25) is 0 Å². The highest BCUT2D eigenvalue weighted by Crippen LogP contribution is 2.10. The topological polar surface area (TPSA) is 59.1 Å². The van der Waals surface area contributed by atoms with Gasteiger partial charge in [0.05, 0.1) is 26.2 Å². The molecule has 0 radical (unpaired) electrons. The Morgan fingerprint density at radius 1 is 1.22 bits per heavy atom. The number of morpholine rings is 1. The zero-order valence-corrected chi connectivity index (χ0v) is 15.0. The number of hydrogen-bond acceptors (Lipinski definition) is 5. The van der Waals surface area contributed by atoms with Gasteiger partial charge in [-0.3, -0.25) is 14.5 Å². The molecule has 23 heavy (non-hydrogen) atoms. The first-order valence-electron chi connectivity index (χ1n) is 8.59. The summed E-state index contributed by atoms with van der Waals surface area (Å²) in [6, 6.07) is 0. The monoisotopic (exact) mass is 328 g/mol. The highest BCUT2D eigenvalue weighted by atomic mass is 16.5. The average Bonchev–Trinajstić information content (AvgIpc) is 2.53. The fraction of sp³-hybridized carbons (Fsp3) is 0.882. The Balaban J connectivity index is 2.48. The summed E-state index contributed by atoms with van der Waals surface area (Å²) < 4.78 is 10.1. The number of carbonyl (C=O) groups is 2. The number of amides is 1. The summed E-state index contributed by atoms with van der Waals surface area (Å²) in [5, 5.41) is 0. The van der Waals surface area contributed by atoms with E-state index in [0.29, 0.717) is 25.4 Å². The summed E-state index contributed by atoms with van der Waals surface area (Å²) in [5.74, 6) is -0.115. The van der Waals surface area contributed by atoms with E-state index in [0.717, 1.165) is 39.3 Å². The minimum absolute atomic E-state index is 0.123. The summed E-state index contributed by atoms with van der Waals surface area (Å²) >= 11 is 0. The van der Waals surface area contributed by atoms with Crippen LogP contribution in [-0.2, 0) is 19.1 Å². The van der Waals surface area contributed by atoms with Gasteiger partial charge in [-0.1, -0.05) is 20.8 Å². The van der Waals surface area contributed by atoms with Crippen LogP contribution in [0.25, 0.3) is 0 Å². The first-order valence-corrected chi connectivity index (χ1v) is 8.59. The zero-order valence-electron chi connectivity index (χ0n) is 15.0. The van der Waals surface area contributed by atoms with Crippen LogP contribution in [0.5, 0.6) is 0 Å². The smallest absolute Gasteiger partial charge is 0.310 e. The van der Waals surface area contributed by atoms with Crippen molar-refractivity contribution in [2.24, 2.45) is 11.8 Å². The van der Waals surface area contributed by atoms with Crippen LogP contribution in [0, 0.1) is 11.8 Å². The van der Waals surface area contributed by atoms with E-state index in [2.05, 4.69) is 4.90 Å². The molecule has 1 rings (SSSR count). The maximum absolute atomic E-state index is 12.4. The molecule has 0 spiro atoms. The van der Waals surface area contributed by atoms with E-state index < -0.39 is 0 Å². The van der Waals surface area contributed by atoms with Gasteiger partial charge in [-0.05, 0) is 12.3 Å². The van der Waals surface area contributed by atoms with Crippen LogP contribution in [0.15, 0.2) is 0 Å². The van der Waals surface area contributed by atoms with Gasteiger partial charge in [0.15, 0.2) is 0 Å². The van der Waals surface area contributed by atoms with Crippen molar-refractivity contribution < 1.29 is 19.1 Å². The van der Waals surface area contributed by atoms with E-state index in [4.69, 9.17) is 9.47 Å². The Morgan fingerprint density at radius 3 is 2.43 bits per heavy atom. The number of nitrogens with zero attached hydrogens (tertiary/aromatic N) is 2. The second-order valence-corrected chi connectivity index (χ2v) is 6.67. The summed E-state index contributed by atoms with van der Waals surface area (Å²) in [6.07, 6.45) is 1.43. The summed E-state index contributed by atoms with van der Waals surface area (Å²) in [5.41, 5.74) is 0. The van der Waals surface area contributed by atoms with Crippen LogP contribution in [0.3, 0.4) is 0 Å². The second kappa shape index (κ2) is 10.6. The van der Waals surface area contributed by atoms with Crippen molar-refractivity contribution in [3.8, 4) is 0 Å². The van der Waals surface area contributed by atoms with Gasteiger partial charge in [0.2, 0.25) is 5.91 Å². The van der Waals surface area contributed by atoms with Crippen LogP contribution in [0.1, 0.15) is 33.6 Å². The van der Waals surface area contributed by atoms with Gasteiger partial charge in [0.1, 0.15) is 0 Å². The molecular weight excluding hydrogens is 296 g/mol. The highest BCUT2D eigenvalue weighted by molar-refractivity contribution is 5.78. The molecule has 1 fully saturated rings. The molecule has 1 heterocycles. The molecule has 6 nitrogen and oxygen atoms in total. The number of esters is 1. The van der Waals surface area contributed by atoms with Gasteiger partial charge in [-0.25, -0.2) is 0 Å². The molecule has 0 bridgehead atoms. The summed E-state index contributed by atoms with van der Waals surface area (Å²) in [6.45, 7) is 11.4. The van der Waals surface area contributed by atoms with Gasteiger partial charge in [0.25, 0.3) is 0 Å². The molecule has 0 aromatic carbocycles. The van der Waals surface area contributed by atoms with Crippen molar-refractivity contribution in [3.05, 3.63) is 0 Å². The molecule has 0 N–H and O–H groups in total. The standard InChI is InChI=1S/C17H32N2O4/c1-14(2)12-16(20)19(13-15(3)17(21)22-4)7-5-6-18-8-10-23-11-9-18/h14-15H,5-13H2,1-4H3. The minimum Gasteiger partial charge on any atom is -0.469 e. The van der Waals surface area contributed by atoms with Crippen molar-refractivity contribution in [2.45, 2.75) is 33.6 Å². The molecule has 0 aliphatic carbocycles. The lowest BCUT2D eigenvalue weighted by Gasteiger charge is -2.29. The minimum atomic E-state index is -0.292. The van der Waals surface area contributed by atoms with Gasteiger partial charge in [-0.15, -0.1) is 0 Å². The SMILES string of the molecule is COC(=O)C(C)CN(CCCN1CCOCC1)C(=O)CC(C)C. The predicted molar refractivity (Wildman–Crippen MR) is 89.1 cm³/mol. The third-order valence-electron chi connectivity index (χ3n) is 4.04. The molecule has 1 atom stereocenters. The van der Waals surface area contributed by atoms with E-state index in [-0.39, 0.29) is 17.8 Å². The highest BCUT2D eigenvalue weighted by Gasteiger charge is 2.22. The third kappa shape index (κ3) is 7.79. The predicted octanol–water partition coefficient (Wildman–Crippen LogP) is 1.39. The maximum atomic E-state index is 12.4.